The van der Waals surface area contributed by atoms with Crippen LogP contribution in [0.2, 0.25) is 0 Å². The lowest BCUT2D eigenvalue weighted by atomic mass is 10.1. The average Bonchev–Trinajstić information content (AvgIpc) is 2.29. The van der Waals surface area contributed by atoms with Gasteiger partial charge in [0.15, 0.2) is 0 Å². The number of carbonyl (C=O) groups is 1. The molecule has 1 aromatic rings. The maximum Gasteiger partial charge on any atom is 0.224 e. The molecule has 0 aliphatic rings. The van der Waals surface area contributed by atoms with E-state index >= 15 is 0 Å². The Labute approximate surface area is 125 Å². The predicted molar refractivity (Wildman–Crippen MR) is 83.6 cm³/mol. The van der Waals surface area contributed by atoms with E-state index in [9.17, 15) is 4.79 Å². The first-order chi connectivity index (χ1) is 8.22. The summed E-state index contributed by atoms with van der Waals surface area (Å²) in [4.78, 5) is 11.6. The van der Waals surface area contributed by atoms with Crippen LogP contribution in [0.25, 0.3) is 0 Å². The molecule has 2 nitrogen and oxygen atoms in total. The van der Waals surface area contributed by atoms with Gasteiger partial charge in [-0.2, -0.15) is 0 Å². The molecule has 0 saturated carbocycles. The molecule has 0 saturated heterocycles. The van der Waals surface area contributed by atoms with Crippen LogP contribution in [0.1, 0.15) is 24.8 Å². The number of benzene rings is 1. The highest BCUT2D eigenvalue weighted by Gasteiger charge is 2.02. The summed E-state index contributed by atoms with van der Waals surface area (Å²) in [7, 11) is 0. The van der Waals surface area contributed by atoms with Crippen LogP contribution in [0.15, 0.2) is 28.7 Å². The topological polar surface area (TPSA) is 29.1 Å². The minimum absolute atomic E-state index is 0.109. The molecule has 0 aliphatic heterocycles. The van der Waals surface area contributed by atoms with Crippen LogP contribution < -0.4 is 5.32 Å². The van der Waals surface area contributed by atoms with Crippen molar-refractivity contribution in [1.29, 1.82) is 0 Å². The minimum Gasteiger partial charge on any atom is -0.356 e. The third-order valence-corrected chi connectivity index (χ3v) is 3.64. The zero-order valence-electron chi connectivity index (χ0n) is 9.72. The Hall–Kier alpha value is -0.100. The van der Waals surface area contributed by atoms with E-state index < -0.39 is 0 Å². The Morgan fingerprint density at radius 3 is 2.82 bits per heavy atom. The van der Waals surface area contributed by atoms with Crippen LogP contribution in [-0.4, -0.2) is 16.9 Å². The molecule has 4 heteroatoms. The highest BCUT2D eigenvalue weighted by atomic mass is 127. The smallest absolute Gasteiger partial charge is 0.224 e. The Morgan fingerprint density at radius 2 is 2.12 bits per heavy atom. The predicted octanol–water partition coefficient (Wildman–Crippen LogP) is 3.71. The van der Waals surface area contributed by atoms with Gasteiger partial charge in [-0.25, -0.2) is 0 Å². The molecule has 0 fully saturated rings. The lowest BCUT2D eigenvalue weighted by Crippen LogP contribution is -2.26. The van der Waals surface area contributed by atoms with Crippen LogP contribution in [0.4, 0.5) is 0 Å². The van der Waals surface area contributed by atoms with E-state index in [-0.39, 0.29) is 5.91 Å². The Balaban J connectivity index is 2.21. The molecule has 0 aromatic heterocycles. The van der Waals surface area contributed by atoms with Crippen LogP contribution in [0, 0.1) is 0 Å². The number of carbonyl (C=O) groups excluding carboxylic acids is 1. The molecule has 0 bridgehead atoms. The van der Waals surface area contributed by atoms with Gasteiger partial charge in [-0.15, -0.1) is 0 Å². The zero-order valence-corrected chi connectivity index (χ0v) is 13.5. The van der Waals surface area contributed by atoms with Gasteiger partial charge in [0.2, 0.25) is 5.91 Å². The lowest BCUT2D eigenvalue weighted by molar-refractivity contribution is -0.120. The molecular formula is C13H17BrINO. The van der Waals surface area contributed by atoms with Crippen molar-refractivity contribution < 1.29 is 4.79 Å². The Kier molecular flexibility index (Phi) is 7.84. The fraction of sp³-hybridized carbons (Fsp3) is 0.462. The molecule has 0 unspecified atom stereocenters. The molecule has 1 N–H and O–H groups in total. The second-order valence-electron chi connectivity index (χ2n) is 3.91. The first-order valence-electron chi connectivity index (χ1n) is 5.79. The standard InChI is InChI=1S/C13H17BrINO/c14-12-6-4-5-11(9-12)10-13(17)16-8-3-1-2-7-15/h4-6,9H,1-3,7-8,10H2,(H,16,17). The second-order valence-corrected chi connectivity index (χ2v) is 5.90. The van der Waals surface area contributed by atoms with Gasteiger partial charge in [-0.1, -0.05) is 57.1 Å². The van der Waals surface area contributed by atoms with Gasteiger partial charge in [0.05, 0.1) is 6.42 Å². The number of hydrogen-bond acceptors (Lipinski definition) is 1. The van der Waals surface area contributed by atoms with Crippen LogP contribution in [0.3, 0.4) is 0 Å². The normalized spacial score (nSPS) is 10.2. The largest absolute Gasteiger partial charge is 0.356 e. The van der Waals surface area contributed by atoms with Gasteiger partial charge in [0.1, 0.15) is 0 Å². The van der Waals surface area contributed by atoms with Crippen molar-refractivity contribution in [2.75, 3.05) is 11.0 Å². The van der Waals surface area contributed by atoms with E-state index in [1.165, 1.54) is 17.3 Å². The van der Waals surface area contributed by atoms with Crippen molar-refractivity contribution in [3.8, 4) is 0 Å². The van der Waals surface area contributed by atoms with Crippen molar-refractivity contribution >= 4 is 44.4 Å². The zero-order chi connectivity index (χ0) is 12.5. The summed E-state index contributed by atoms with van der Waals surface area (Å²) >= 11 is 5.78. The van der Waals surface area contributed by atoms with Crippen LogP contribution in [0.5, 0.6) is 0 Å². The number of unbranched alkanes of at least 4 members (excludes halogenated alkanes) is 2. The number of halogens is 2. The summed E-state index contributed by atoms with van der Waals surface area (Å²) < 4.78 is 2.22. The fourth-order valence-corrected chi connectivity index (χ4v) is 2.50. The van der Waals surface area contributed by atoms with Gasteiger partial charge in [0, 0.05) is 11.0 Å². The summed E-state index contributed by atoms with van der Waals surface area (Å²) in [6.45, 7) is 0.795. The third kappa shape index (κ3) is 7.03. The number of nitrogens with one attached hydrogen (secondary N) is 1. The van der Waals surface area contributed by atoms with E-state index in [4.69, 9.17) is 0 Å². The Bertz CT molecular complexity index is 357. The molecule has 0 spiro atoms. The van der Waals surface area contributed by atoms with Crippen molar-refractivity contribution in [3.63, 3.8) is 0 Å². The molecular weight excluding hydrogens is 393 g/mol. The third-order valence-electron chi connectivity index (χ3n) is 2.39. The fourth-order valence-electron chi connectivity index (χ4n) is 1.52. The highest BCUT2D eigenvalue weighted by molar-refractivity contribution is 14.1. The molecule has 0 atom stereocenters. The maximum absolute atomic E-state index is 11.6. The second kappa shape index (κ2) is 8.91. The summed E-state index contributed by atoms with van der Waals surface area (Å²) in [6.07, 6.45) is 3.97. The van der Waals surface area contributed by atoms with E-state index in [0.29, 0.717) is 6.42 Å². The van der Waals surface area contributed by atoms with Gasteiger partial charge < -0.3 is 5.32 Å². The average molecular weight is 410 g/mol. The van der Waals surface area contributed by atoms with Crippen molar-refractivity contribution in [2.24, 2.45) is 0 Å². The maximum atomic E-state index is 11.6. The van der Waals surface area contributed by atoms with Gasteiger partial charge in [-0.3, -0.25) is 4.79 Å². The number of hydrogen-bond donors (Lipinski definition) is 1. The summed E-state index contributed by atoms with van der Waals surface area (Å²) in [5.74, 6) is 0.109. The molecule has 94 valence electrons. The van der Waals surface area contributed by atoms with Gasteiger partial charge in [-0.05, 0) is 35.0 Å². The number of rotatable bonds is 7. The first-order valence-corrected chi connectivity index (χ1v) is 8.11. The molecule has 1 aromatic carbocycles. The van der Waals surface area contributed by atoms with Gasteiger partial charge >= 0.3 is 0 Å². The van der Waals surface area contributed by atoms with Crippen molar-refractivity contribution in [3.05, 3.63) is 34.3 Å². The minimum atomic E-state index is 0.109. The van der Waals surface area contributed by atoms with Crippen molar-refractivity contribution in [1.82, 2.24) is 5.32 Å². The molecule has 1 amide bonds. The SMILES string of the molecule is O=C(Cc1cccc(Br)c1)NCCCCCI. The van der Waals surface area contributed by atoms with E-state index in [1.54, 1.807) is 0 Å². The monoisotopic (exact) mass is 409 g/mol. The number of amides is 1. The van der Waals surface area contributed by atoms with Crippen LogP contribution in [-0.2, 0) is 11.2 Å². The molecule has 17 heavy (non-hydrogen) atoms. The molecule has 1 rings (SSSR count). The van der Waals surface area contributed by atoms with Crippen molar-refractivity contribution in [2.45, 2.75) is 25.7 Å². The lowest BCUT2D eigenvalue weighted by Gasteiger charge is -2.05. The summed E-state index contributed by atoms with van der Waals surface area (Å²) in [5.41, 5.74) is 1.05. The van der Waals surface area contributed by atoms with Gasteiger partial charge in [0.25, 0.3) is 0 Å². The summed E-state index contributed by atoms with van der Waals surface area (Å²) in [6, 6.07) is 7.87. The summed E-state index contributed by atoms with van der Waals surface area (Å²) in [5, 5.41) is 2.95. The number of alkyl halides is 1. The first kappa shape index (κ1) is 15.0. The van der Waals surface area contributed by atoms with E-state index in [2.05, 4.69) is 43.8 Å². The molecule has 0 radical (unpaired) electrons. The van der Waals surface area contributed by atoms with Crippen LogP contribution >= 0.6 is 38.5 Å². The molecule has 0 aliphatic carbocycles. The Morgan fingerprint density at radius 1 is 1.29 bits per heavy atom. The van der Waals surface area contributed by atoms with E-state index in [1.807, 2.05) is 24.3 Å². The highest BCUT2D eigenvalue weighted by Crippen LogP contribution is 2.11. The quantitative estimate of drug-likeness (QED) is 0.415. The van der Waals surface area contributed by atoms with E-state index in [0.717, 1.165) is 23.0 Å². The molecule has 0 heterocycles.